The predicted molar refractivity (Wildman–Crippen MR) is 162 cm³/mol. The lowest BCUT2D eigenvalue weighted by atomic mass is 9.91. The van der Waals surface area contributed by atoms with Crippen molar-refractivity contribution >= 4 is 17.7 Å². The number of hydrogen-bond acceptors (Lipinski definition) is 7. The van der Waals surface area contributed by atoms with Crippen LogP contribution in [0.25, 0.3) is 5.69 Å². The molecule has 228 valence electrons. The number of nitro benzene ring substituents is 1. The molecule has 3 aromatic rings. The minimum absolute atomic E-state index is 0.0155. The molecule has 2 aliphatic heterocycles. The summed E-state index contributed by atoms with van der Waals surface area (Å²) in [6, 6.07) is 14.7. The van der Waals surface area contributed by atoms with Crippen LogP contribution >= 0.6 is 0 Å². The summed E-state index contributed by atoms with van der Waals surface area (Å²) in [6.07, 6.45) is 4.37. The van der Waals surface area contributed by atoms with Crippen molar-refractivity contribution in [2.75, 3.05) is 32.7 Å². The standard InChI is InChI=1S/C32H40N6O5/c1-32(2,3)43-31(40)36-19-14-24(15-20-36)29-28(21-34-37(29)26-9-11-27(12-10-26)38(41)42)30(39)33-16-6-17-35-18-13-23-7-4-5-8-25(23)22-35/h4-5,7-12,21,24H,6,13-20,22H2,1-3H3,(H,33,39). The van der Waals surface area contributed by atoms with Gasteiger partial charge < -0.3 is 15.0 Å². The number of likely N-dealkylation sites (tertiary alicyclic amines) is 1. The van der Waals surface area contributed by atoms with Gasteiger partial charge in [0.05, 0.1) is 28.1 Å². The van der Waals surface area contributed by atoms with Gasteiger partial charge in [0.1, 0.15) is 5.60 Å². The van der Waals surface area contributed by atoms with Crippen LogP contribution < -0.4 is 5.32 Å². The third kappa shape index (κ3) is 7.40. The number of hydrogen-bond donors (Lipinski definition) is 1. The largest absolute Gasteiger partial charge is 0.444 e. The van der Waals surface area contributed by atoms with E-state index in [1.165, 1.54) is 23.3 Å². The number of piperidine rings is 1. The first-order valence-corrected chi connectivity index (χ1v) is 15.0. The van der Waals surface area contributed by atoms with Crippen LogP contribution in [-0.2, 0) is 17.7 Å². The van der Waals surface area contributed by atoms with E-state index in [4.69, 9.17) is 4.74 Å². The number of nitrogens with one attached hydrogen (secondary N) is 1. The zero-order chi connectivity index (χ0) is 30.6. The second kappa shape index (κ2) is 12.9. The van der Waals surface area contributed by atoms with Crippen molar-refractivity contribution in [3.05, 3.63) is 87.2 Å². The Morgan fingerprint density at radius 3 is 2.42 bits per heavy atom. The number of nitro groups is 1. The molecule has 43 heavy (non-hydrogen) atoms. The Kier molecular flexibility index (Phi) is 9.10. The second-order valence-electron chi connectivity index (χ2n) is 12.3. The molecule has 5 rings (SSSR count). The first-order chi connectivity index (χ1) is 20.6. The van der Waals surface area contributed by atoms with Gasteiger partial charge in [0.2, 0.25) is 0 Å². The Labute approximate surface area is 252 Å². The normalized spacial score (nSPS) is 16.0. The van der Waals surface area contributed by atoms with E-state index >= 15 is 0 Å². The number of carbonyl (C=O) groups is 2. The molecule has 0 saturated carbocycles. The van der Waals surface area contributed by atoms with E-state index in [2.05, 4.69) is 39.6 Å². The highest BCUT2D eigenvalue weighted by molar-refractivity contribution is 5.95. The number of benzene rings is 2. The SMILES string of the molecule is CC(C)(C)OC(=O)N1CCC(c2c(C(=O)NCCCN3CCc4ccccc4C3)cnn2-c2ccc([N+](=O)[O-])cc2)CC1. The van der Waals surface area contributed by atoms with E-state index in [1.807, 2.05) is 20.8 Å². The summed E-state index contributed by atoms with van der Waals surface area (Å²) in [4.78, 5) is 41.0. The summed E-state index contributed by atoms with van der Waals surface area (Å²) in [5, 5.41) is 18.8. The zero-order valence-electron chi connectivity index (χ0n) is 25.1. The molecule has 0 spiro atoms. The van der Waals surface area contributed by atoms with Crippen LogP contribution in [0.2, 0.25) is 0 Å². The second-order valence-corrected chi connectivity index (χ2v) is 12.3. The van der Waals surface area contributed by atoms with E-state index in [0.29, 0.717) is 43.7 Å². The molecule has 11 heteroatoms. The monoisotopic (exact) mass is 588 g/mol. The average molecular weight is 589 g/mol. The Balaban J connectivity index is 1.26. The first kappa shape index (κ1) is 30.2. The summed E-state index contributed by atoms with van der Waals surface area (Å²) >= 11 is 0. The van der Waals surface area contributed by atoms with E-state index in [0.717, 1.165) is 38.2 Å². The number of aromatic nitrogens is 2. The van der Waals surface area contributed by atoms with Crippen molar-refractivity contribution in [3.63, 3.8) is 0 Å². The van der Waals surface area contributed by atoms with Crippen LogP contribution in [0.3, 0.4) is 0 Å². The van der Waals surface area contributed by atoms with Gasteiger partial charge in [-0.15, -0.1) is 0 Å². The number of fused-ring (bicyclic) bond motifs is 1. The molecule has 1 N–H and O–H groups in total. The molecule has 11 nitrogen and oxygen atoms in total. The van der Waals surface area contributed by atoms with E-state index in [1.54, 1.807) is 27.9 Å². The maximum absolute atomic E-state index is 13.5. The predicted octanol–water partition coefficient (Wildman–Crippen LogP) is 5.07. The third-order valence-electron chi connectivity index (χ3n) is 8.04. The lowest BCUT2D eigenvalue weighted by Crippen LogP contribution is -2.41. The number of amides is 2. The molecule has 0 aliphatic carbocycles. The summed E-state index contributed by atoms with van der Waals surface area (Å²) < 4.78 is 7.26. The first-order valence-electron chi connectivity index (χ1n) is 15.0. The molecule has 1 saturated heterocycles. The van der Waals surface area contributed by atoms with Crippen molar-refractivity contribution in [2.45, 2.75) is 64.5 Å². The molecule has 2 aliphatic rings. The minimum Gasteiger partial charge on any atom is -0.444 e. The third-order valence-corrected chi connectivity index (χ3v) is 8.04. The topological polar surface area (TPSA) is 123 Å². The van der Waals surface area contributed by atoms with E-state index < -0.39 is 10.5 Å². The Bertz CT molecular complexity index is 1450. The van der Waals surface area contributed by atoms with Crippen molar-refractivity contribution in [3.8, 4) is 5.69 Å². The highest BCUT2D eigenvalue weighted by Crippen LogP contribution is 2.33. The van der Waals surface area contributed by atoms with Gasteiger partial charge in [-0.25, -0.2) is 9.48 Å². The Hall–Kier alpha value is -4.25. The fourth-order valence-corrected chi connectivity index (χ4v) is 5.85. The molecule has 1 aromatic heterocycles. The van der Waals surface area contributed by atoms with Crippen LogP contribution in [0, 0.1) is 10.1 Å². The number of carbonyl (C=O) groups excluding carboxylic acids is 2. The van der Waals surface area contributed by atoms with Crippen LogP contribution in [-0.4, -0.2) is 74.8 Å². The van der Waals surface area contributed by atoms with Crippen molar-refractivity contribution in [1.29, 1.82) is 0 Å². The molecule has 0 radical (unpaired) electrons. The van der Waals surface area contributed by atoms with Crippen LogP contribution in [0.15, 0.2) is 54.7 Å². The fraction of sp³-hybridized carbons (Fsp3) is 0.469. The van der Waals surface area contributed by atoms with Crippen LogP contribution in [0.1, 0.15) is 73.1 Å². The highest BCUT2D eigenvalue weighted by Gasteiger charge is 2.32. The average Bonchev–Trinajstić information content (AvgIpc) is 3.44. The van der Waals surface area contributed by atoms with E-state index in [-0.39, 0.29) is 23.6 Å². The number of rotatable bonds is 8. The maximum Gasteiger partial charge on any atom is 0.410 e. The number of non-ortho nitro benzene ring substituents is 1. The van der Waals surface area contributed by atoms with Crippen molar-refractivity contribution in [1.82, 2.24) is 24.9 Å². The summed E-state index contributed by atoms with van der Waals surface area (Å²) in [5.41, 5.74) is 4.08. The van der Waals surface area contributed by atoms with Crippen LogP contribution in [0.5, 0.6) is 0 Å². The van der Waals surface area contributed by atoms with Gasteiger partial charge in [-0.2, -0.15) is 5.10 Å². The molecule has 0 bridgehead atoms. The number of nitrogens with zero attached hydrogens (tertiary/aromatic N) is 5. The minimum atomic E-state index is -0.577. The van der Waals surface area contributed by atoms with Gasteiger partial charge in [-0.3, -0.25) is 19.8 Å². The fourth-order valence-electron chi connectivity index (χ4n) is 5.85. The van der Waals surface area contributed by atoms with Gasteiger partial charge >= 0.3 is 6.09 Å². The molecule has 2 amide bonds. The Morgan fingerprint density at radius 1 is 1.05 bits per heavy atom. The molecular weight excluding hydrogens is 548 g/mol. The van der Waals surface area contributed by atoms with Crippen molar-refractivity contribution in [2.24, 2.45) is 0 Å². The smallest absolute Gasteiger partial charge is 0.410 e. The maximum atomic E-state index is 13.5. The van der Waals surface area contributed by atoms with Gasteiger partial charge in [-0.1, -0.05) is 24.3 Å². The summed E-state index contributed by atoms with van der Waals surface area (Å²) in [6.45, 7) is 9.89. The molecular formula is C32H40N6O5. The van der Waals surface area contributed by atoms with Gasteiger partial charge in [-0.05, 0) is 69.7 Å². The quantitative estimate of drug-likeness (QED) is 0.221. The summed E-state index contributed by atoms with van der Waals surface area (Å²) in [5.74, 6) is -0.229. The molecule has 3 heterocycles. The van der Waals surface area contributed by atoms with Gasteiger partial charge in [0.25, 0.3) is 11.6 Å². The molecule has 2 aromatic carbocycles. The Morgan fingerprint density at radius 2 is 1.74 bits per heavy atom. The lowest BCUT2D eigenvalue weighted by molar-refractivity contribution is -0.384. The number of ether oxygens (including phenoxy) is 1. The molecule has 0 atom stereocenters. The zero-order valence-corrected chi connectivity index (χ0v) is 25.1. The lowest BCUT2D eigenvalue weighted by Gasteiger charge is -2.34. The van der Waals surface area contributed by atoms with Gasteiger partial charge in [0, 0.05) is 57.3 Å². The molecule has 0 unspecified atom stereocenters. The molecule has 1 fully saturated rings. The highest BCUT2D eigenvalue weighted by atomic mass is 16.6. The summed E-state index contributed by atoms with van der Waals surface area (Å²) in [7, 11) is 0. The van der Waals surface area contributed by atoms with Gasteiger partial charge in [0.15, 0.2) is 0 Å². The van der Waals surface area contributed by atoms with Crippen LogP contribution in [0.4, 0.5) is 10.5 Å². The van der Waals surface area contributed by atoms with Crippen molar-refractivity contribution < 1.29 is 19.2 Å². The van der Waals surface area contributed by atoms with E-state index in [9.17, 15) is 19.7 Å².